The zero-order valence-electron chi connectivity index (χ0n) is 42.3. The van der Waals surface area contributed by atoms with Crippen LogP contribution in [0, 0.1) is 40.9 Å². The first-order valence-corrected chi connectivity index (χ1v) is 25.9. The van der Waals surface area contributed by atoms with Gasteiger partial charge in [0.1, 0.15) is 19.2 Å². The minimum atomic E-state index is -0.178. The fourth-order valence-corrected chi connectivity index (χ4v) is 10.2. The molecule has 387 valence electrons. The van der Waals surface area contributed by atoms with Crippen LogP contribution in [0.15, 0.2) is 0 Å². The second kappa shape index (κ2) is 32.9. The van der Waals surface area contributed by atoms with Crippen LogP contribution < -0.4 is 0 Å². The molecule has 0 N–H and O–H groups in total. The Bertz CT molecular complexity index is 1550. The van der Waals surface area contributed by atoms with Crippen molar-refractivity contribution in [2.45, 2.75) is 181 Å². The average molecular weight is 993 g/mol. The Balaban J connectivity index is 0.000000239. The molecular formula is C49H78B2O17P. The fourth-order valence-electron chi connectivity index (χ4n) is 10.2. The van der Waals surface area contributed by atoms with Crippen LogP contribution in [-0.4, -0.2) is 116 Å². The molecule has 8 saturated heterocycles. The second-order valence-electron chi connectivity index (χ2n) is 19.5. The van der Waals surface area contributed by atoms with Crippen LogP contribution >= 0.6 is 9.12 Å². The maximum atomic E-state index is 11.3. The summed E-state index contributed by atoms with van der Waals surface area (Å²) in [6.07, 6.45) is 17.9. The van der Waals surface area contributed by atoms with Crippen LogP contribution in [-0.2, 0) is 81.0 Å². The Kier molecular flexibility index (Phi) is 27.5. The molecule has 9 atom stereocenters. The molecule has 0 aromatic rings. The summed E-state index contributed by atoms with van der Waals surface area (Å²) in [7, 11) is 2.45. The molecule has 0 saturated carbocycles. The zero-order chi connectivity index (χ0) is 51.3. The third-order valence-corrected chi connectivity index (χ3v) is 14.5. The molecule has 8 aliphatic rings. The topological polar surface area (TPSA) is 227 Å². The molecule has 8 aliphatic heterocycles. The van der Waals surface area contributed by atoms with Gasteiger partial charge in [0.25, 0.3) is 0 Å². The van der Waals surface area contributed by atoms with Crippen molar-refractivity contribution in [3.63, 3.8) is 0 Å². The van der Waals surface area contributed by atoms with Crippen LogP contribution in [0.5, 0.6) is 0 Å². The number of rotatable bonds is 8. The molecule has 20 heteroatoms. The van der Waals surface area contributed by atoms with Gasteiger partial charge in [-0.15, -0.1) is 0 Å². The fraction of sp³-hybridized carbons (Fsp3) is 0.837. The predicted molar refractivity (Wildman–Crippen MR) is 256 cm³/mol. The van der Waals surface area contributed by atoms with E-state index >= 15 is 0 Å². The summed E-state index contributed by atoms with van der Waals surface area (Å²) in [6, 6.07) is 0. The molecule has 1 radical (unpaired) electrons. The van der Waals surface area contributed by atoms with E-state index < -0.39 is 0 Å². The molecule has 8 heterocycles. The third kappa shape index (κ3) is 22.8. The van der Waals surface area contributed by atoms with E-state index in [2.05, 4.69) is 23.0 Å². The molecular weight excluding hydrogens is 913 g/mol. The van der Waals surface area contributed by atoms with Gasteiger partial charge in [-0.3, -0.25) is 38.4 Å². The van der Waals surface area contributed by atoms with Gasteiger partial charge in [-0.2, -0.15) is 9.12 Å². The Morgan fingerprint density at radius 3 is 1.12 bits per heavy atom. The summed E-state index contributed by atoms with van der Waals surface area (Å²) < 4.78 is 54.4. The number of ether oxygens (including phenoxy) is 8. The Labute approximate surface area is 413 Å². The first-order chi connectivity index (χ1) is 33.6. The molecule has 0 aromatic heterocycles. The van der Waals surface area contributed by atoms with Crippen molar-refractivity contribution in [1.29, 1.82) is 1.34 Å². The first kappa shape index (κ1) is 57.7. The summed E-state index contributed by atoms with van der Waals surface area (Å²) in [4.78, 5) is 88.2. The molecule has 0 amide bonds. The Morgan fingerprint density at radius 1 is 0.493 bits per heavy atom. The van der Waals surface area contributed by atoms with Crippen molar-refractivity contribution in [3.05, 3.63) is 0 Å². The summed E-state index contributed by atoms with van der Waals surface area (Å²) in [5.41, 5.74) is 0.127. The van der Waals surface area contributed by atoms with Crippen molar-refractivity contribution < 1.29 is 81.0 Å². The van der Waals surface area contributed by atoms with E-state index in [-0.39, 0.29) is 73.1 Å². The number of hydrogen-bond acceptors (Lipinski definition) is 17. The summed E-state index contributed by atoms with van der Waals surface area (Å²) in [6.45, 7) is 11.8. The second-order valence-corrected chi connectivity index (χ2v) is 20.2. The molecule has 0 aliphatic carbocycles. The molecule has 8 fully saturated rings. The van der Waals surface area contributed by atoms with Gasteiger partial charge >= 0.3 is 61.5 Å². The van der Waals surface area contributed by atoms with Gasteiger partial charge in [0.15, 0.2) is 0 Å². The quantitative estimate of drug-likeness (QED) is 0.108. The maximum absolute atomic E-state index is 11.3. The predicted octanol–water partition coefficient (Wildman–Crippen LogP) is 6.59. The van der Waals surface area contributed by atoms with Crippen molar-refractivity contribution in [1.82, 2.24) is 0 Å². The van der Waals surface area contributed by atoms with Crippen LogP contribution in [0.1, 0.15) is 162 Å². The van der Waals surface area contributed by atoms with Gasteiger partial charge in [0, 0.05) is 51.4 Å². The van der Waals surface area contributed by atoms with E-state index in [0.29, 0.717) is 139 Å². The van der Waals surface area contributed by atoms with Crippen LogP contribution in [0.4, 0.5) is 0 Å². The van der Waals surface area contributed by atoms with Crippen LogP contribution in [0.2, 0.25) is 6.82 Å². The SMILES string of the molecule is CC(C)(C1CCOC(=O)CC1)C1CCOC(=O)CC1.C[B]P.O=C1CCC(C2CCC(=O)O2)O1.O=C1CCC(C2CCOC(=O)CC2)CCO1.O=C1CCC(CCCC2CCC(=O)OC2)CO1.[2H]B=O. The van der Waals surface area contributed by atoms with E-state index in [1.165, 1.54) is 0 Å². The number of carbonyl (C=O) groups is 8. The summed E-state index contributed by atoms with van der Waals surface area (Å²) in [5, 5.41) is 0. The van der Waals surface area contributed by atoms with Crippen LogP contribution in [0.3, 0.4) is 0 Å². The van der Waals surface area contributed by atoms with Gasteiger partial charge in [-0.25, -0.2) is 0 Å². The minimum absolute atomic E-state index is 0. The van der Waals surface area contributed by atoms with E-state index in [9.17, 15) is 38.4 Å². The van der Waals surface area contributed by atoms with E-state index in [1.807, 2.05) is 13.8 Å². The van der Waals surface area contributed by atoms with Gasteiger partial charge in [-0.1, -0.05) is 27.1 Å². The van der Waals surface area contributed by atoms with Crippen molar-refractivity contribution >= 4 is 71.6 Å². The van der Waals surface area contributed by atoms with E-state index in [0.717, 1.165) is 83.5 Å². The van der Waals surface area contributed by atoms with Gasteiger partial charge < -0.3 is 37.9 Å². The van der Waals surface area contributed by atoms with Crippen molar-refractivity contribution in [2.24, 2.45) is 40.9 Å². The van der Waals surface area contributed by atoms with Gasteiger partial charge in [0.2, 0.25) is 0 Å². The van der Waals surface area contributed by atoms with Gasteiger partial charge in [-0.05, 0) is 131 Å². The Morgan fingerprint density at radius 2 is 0.797 bits per heavy atom. The van der Waals surface area contributed by atoms with Crippen molar-refractivity contribution in [2.75, 3.05) is 39.6 Å². The number of hydrogen-bond donors (Lipinski definition) is 0. The number of carbonyl (C=O) groups excluding carboxylic acids is 8. The van der Waals surface area contributed by atoms with E-state index in [4.69, 9.17) is 43.9 Å². The van der Waals surface area contributed by atoms with Crippen LogP contribution in [0.25, 0.3) is 0 Å². The average Bonchev–Trinajstić information content (AvgIpc) is 3.58. The molecule has 0 spiro atoms. The molecule has 9 unspecified atom stereocenters. The zero-order valence-corrected chi connectivity index (χ0v) is 42.5. The van der Waals surface area contributed by atoms with Gasteiger partial charge in [0.05, 0.1) is 39.6 Å². The molecule has 0 bridgehead atoms. The monoisotopic (exact) mass is 993 g/mol. The van der Waals surface area contributed by atoms with Crippen molar-refractivity contribution in [3.8, 4) is 0 Å². The summed E-state index contributed by atoms with van der Waals surface area (Å²) >= 11 is 0. The molecule has 17 nitrogen and oxygen atoms in total. The number of cyclic esters (lactones) is 8. The van der Waals surface area contributed by atoms with E-state index in [1.54, 1.807) is 0 Å². The molecule has 0 aromatic carbocycles. The number of esters is 8. The molecule has 8 rings (SSSR count). The molecule has 69 heavy (non-hydrogen) atoms. The third-order valence-electron chi connectivity index (χ3n) is 14.5. The summed E-state index contributed by atoms with van der Waals surface area (Å²) in [5.74, 6) is 2.31. The standard InChI is InChI=1S/C15H24O4.C13H20O4.C12H18O4.C8H10O4.CH5BP.BHO/c1-15(2,11-3-5-13(16)18-9-7-11)12-4-6-14(17)19-10-8-12;14-12-6-4-10(8-16-12)2-1-3-11-5-7-13(15)17-9-11;13-11-3-1-9(5-7-15-11)10-2-4-12(14)16-8-6-10;9-7-3-1-5(11-7)6-2-4-8(10)12-6;1-2-3;1-2/h11-12H,3-10H2,1-2H3;10-11H,1-9H2;9-10H,1-8H2;5-6H,1-4H2;3H2,1H3;1H/i;;;;;1D. The normalized spacial score (nSPS) is 29.5. The first-order valence-electron chi connectivity index (χ1n) is 25.8. The Hall–Kier alpha value is -3.88.